The molecule has 0 N–H and O–H groups in total. The Kier molecular flexibility index (Phi) is 7.27. The van der Waals surface area contributed by atoms with E-state index in [1.165, 1.54) is 99.1 Å². The van der Waals surface area contributed by atoms with Gasteiger partial charge < -0.3 is 0 Å². The van der Waals surface area contributed by atoms with Gasteiger partial charge in [0.1, 0.15) is 0 Å². The molecule has 0 spiro atoms. The normalized spacial score (nSPS) is 13.2. The van der Waals surface area contributed by atoms with Gasteiger partial charge in [0, 0.05) is 5.41 Å². The summed E-state index contributed by atoms with van der Waals surface area (Å²) >= 11 is 0. The van der Waals surface area contributed by atoms with E-state index in [4.69, 9.17) is 0 Å². The summed E-state index contributed by atoms with van der Waals surface area (Å²) in [5.74, 6) is 0. The van der Waals surface area contributed by atoms with Crippen molar-refractivity contribution < 1.29 is 0 Å². The predicted molar refractivity (Wildman–Crippen MR) is 228 cm³/mol. The van der Waals surface area contributed by atoms with Gasteiger partial charge in [-0.1, -0.05) is 196 Å². The topological polar surface area (TPSA) is 0 Å². The third-order valence-corrected chi connectivity index (χ3v) is 11.5. The zero-order chi connectivity index (χ0) is 35.5. The zero-order valence-corrected chi connectivity index (χ0v) is 30.0. The maximum Gasteiger partial charge on any atom is 0.0159 e. The average molecular weight is 675 g/mol. The van der Waals surface area contributed by atoms with Gasteiger partial charge in [-0.15, -0.1) is 0 Å². The minimum absolute atomic E-state index is 0.0506. The number of fused-ring (bicyclic) bond motifs is 6. The second-order valence-corrected chi connectivity index (χ2v) is 14.9. The fraction of sp³-hybridized carbons (Fsp3) is 0.0566. The molecule has 0 saturated heterocycles. The largest absolute Gasteiger partial charge is 0.0619 e. The number of hydrogen-bond acceptors (Lipinski definition) is 0. The molecule has 0 radical (unpaired) electrons. The molecule has 10 rings (SSSR count). The molecule has 0 atom stereocenters. The van der Waals surface area contributed by atoms with Gasteiger partial charge in [-0.2, -0.15) is 0 Å². The molecule has 250 valence electrons. The summed E-state index contributed by atoms with van der Waals surface area (Å²) in [6, 6.07) is 67.1. The van der Waals surface area contributed by atoms with Crippen LogP contribution in [-0.2, 0) is 5.41 Å². The highest BCUT2D eigenvalue weighted by molar-refractivity contribution is 6.21. The van der Waals surface area contributed by atoms with E-state index in [-0.39, 0.29) is 5.41 Å². The van der Waals surface area contributed by atoms with Crippen LogP contribution in [0.15, 0.2) is 182 Å². The summed E-state index contributed by atoms with van der Waals surface area (Å²) in [6.45, 7) is 4.73. The first-order valence-electron chi connectivity index (χ1n) is 18.6. The Bertz CT molecular complexity index is 2830. The van der Waals surface area contributed by atoms with E-state index in [2.05, 4.69) is 208 Å². The number of benzene rings is 9. The fourth-order valence-corrected chi connectivity index (χ4v) is 8.72. The Balaban J connectivity index is 0.997. The molecule has 0 aliphatic heterocycles. The second-order valence-electron chi connectivity index (χ2n) is 14.9. The van der Waals surface area contributed by atoms with Crippen LogP contribution in [0.3, 0.4) is 0 Å². The van der Waals surface area contributed by atoms with E-state index in [0.717, 1.165) is 0 Å². The van der Waals surface area contributed by atoms with Crippen molar-refractivity contribution in [1.82, 2.24) is 0 Å². The Morgan fingerprint density at radius 3 is 1.45 bits per heavy atom. The first-order chi connectivity index (χ1) is 26.0. The summed E-state index contributed by atoms with van der Waals surface area (Å²) in [5.41, 5.74) is 15.4. The number of rotatable bonds is 5. The molecule has 0 bridgehead atoms. The van der Waals surface area contributed by atoms with Crippen LogP contribution in [0.1, 0.15) is 36.1 Å². The van der Waals surface area contributed by atoms with Crippen molar-refractivity contribution >= 4 is 44.5 Å². The maximum absolute atomic E-state index is 2.46. The van der Waals surface area contributed by atoms with Gasteiger partial charge in [0.25, 0.3) is 0 Å². The van der Waals surface area contributed by atoms with Crippen molar-refractivity contribution in [2.24, 2.45) is 0 Å². The predicted octanol–water partition coefficient (Wildman–Crippen LogP) is 14.6. The Morgan fingerprint density at radius 2 is 0.811 bits per heavy atom. The van der Waals surface area contributed by atoms with Crippen molar-refractivity contribution in [1.29, 1.82) is 0 Å². The molecule has 53 heavy (non-hydrogen) atoms. The third-order valence-electron chi connectivity index (χ3n) is 11.5. The lowest BCUT2D eigenvalue weighted by atomic mass is 9.80. The van der Waals surface area contributed by atoms with E-state index in [0.29, 0.717) is 0 Å². The smallest absolute Gasteiger partial charge is 0.0159 e. The average Bonchev–Trinajstić information content (AvgIpc) is 3.44. The van der Waals surface area contributed by atoms with Crippen molar-refractivity contribution in [2.45, 2.75) is 19.3 Å². The highest BCUT2D eigenvalue weighted by atomic mass is 14.4. The monoisotopic (exact) mass is 674 g/mol. The molecular formula is C53H38. The maximum atomic E-state index is 2.46. The molecule has 0 unspecified atom stereocenters. The standard InChI is InChI=1S/C53H38/c1-53(2)49-18-10-9-13-43(49)44-32-31-42(34-50(44)53)52-47-16-7-5-14-45(47)51(46-15-6-8-17-48(46)52)39-27-23-36(24-28-39)20-19-35-21-25-38(26-22-35)41-30-29-37-11-3-4-12-40(37)33-41/h3-34H,1-2H3. The van der Waals surface area contributed by atoms with E-state index in [9.17, 15) is 0 Å². The molecule has 1 aliphatic rings. The van der Waals surface area contributed by atoms with Crippen molar-refractivity contribution in [3.8, 4) is 44.5 Å². The SMILES string of the molecule is CC1(C)c2ccccc2-c2ccc(-c3c4ccccc4c(-c4ccc(C=Cc5ccc(-c6ccc7ccccc7c6)cc5)cc4)c4ccccc34)cc21. The van der Waals surface area contributed by atoms with Crippen LogP contribution >= 0.6 is 0 Å². The molecule has 0 amide bonds. The Morgan fingerprint density at radius 1 is 0.340 bits per heavy atom. The molecular weight excluding hydrogens is 637 g/mol. The quantitative estimate of drug-likeness (QED) is 0.126. The van der Waals surface area contributed by atoms with E-state index >= 15 is 0 Å². The summed E-state index contributed by atoms with van der Waals surface area (Å²) in [4.78, 5) is 0. The molecule has 0 fully saturated rings. The summed E-state index contributed by atoms with van der Waals surface area (Å²) in [6.07, 6.45) is 4.41. The van der Waals surface area contributed by atoms with Gasteiger partial charge in [0.15, 0.2) is 0 Å². The summed E-state index contributed by atoms with van der Waals surface area (Å²) < 4.78 is 0. The van der Waals surface area contributed by atoms with Crippen LogP contribution in [-0.4, -0.2) is 0 Å². The van der Waals surface area contributed by atoms with Crippen LogP contribution in [0.2, 0.25) is 0 Å². The highest BCUT2D eigenvalue weighted by Gasteiger charge is 2.35. The number of hydrogen-bond donors (Lipinski definition) is 0. The fourth-order valence-electron chi connectivity index (χ4n) is 8.72. The van der Waals surface area contributed by atoms with Gasteiger partial charge in [-0.3, -0.25) is 0 Å². The van der Waals surface area contributed by atoms with Crippen LogP contribution in [0.4, 0.5) is 0 Å². The first kappa shape index (κ1) is 31.3. The zero-order valence-electron chi connectivity index (χ0n) is 30.0. The summed E-state index contributed by atoms with van der Waals surface area (Å²) in [7, 11) is 0. The minimum atomic E-state index is -0.0506. The molecule has 0 aromatic heterocycles. The molecule has 9 aromatic rings. The molecule has 0 heteroatoms. The molecule has 1 aliphatic carbocycles. The van der Waals surface area contributed by atoms with Crippen molar-refractivity contribution in [2.75, 3.05) is 0 Å². The van der Waals surface area contributed by atoms with Crippen molar-refractivity contribution in [3.05, 3.63) is 204 Å². The minimum Gasteiger partial charge on any atom is -0.0619 e. The van der Waals surface area contributed by atoms with E-state index in [1.807, 2.05) is 0 Å². The molecule has 0 heterocycles. The third kappa shape index (κ3) is 5.21. The van der Waals surface area contributed by atoms with Gasteiger partial charge >= 0.3 is 0 Å². The van der Waals surface area contributed by atoms with Gasteiger partial charge in [-0.05, 0) is 111 Å². The van der Waals surface area contributed by atoms with Gasteiger partial charge in [-0.25, -0.2) is 0 Å². The summed E-state index contributed by atoms with van der Waals surface area (Å²) in [5, 5.41) is 7.66. The second kappa shape index (κ2) is 12.3. The van der Waals surface area contributed by atoms with Crippen LogP contribution < -0.4 is 0 Å². The van der Waals surface area contributed by atoms with Crippen LogP contribution in [0, 0.1) is 0 Å². The molecule has 0 saturated carbocycles. The van der Waals surface area contributed by atoms with Gasteiger partial charge in [0.2, 0.25) is 0 Å². The Labute approximate surface area is 311 Å². The molecule has 9 aromatic carbocycles. The van der Waals surface area contributed by atoms with E-state index < -0.39 is 0 Å². The first-order valence-corrected chi connectivity index (χ1v) is 18.6. The lowest BCUT2D eigenvalue weighted by Gasteiger charge is -2.23. The van der Waals surface area contributed by atoms with Crippen LogP contribution in [0.5, 0.6) is 0 Å². The Hall–Kier alpha value is -6.50. The van der Waals surface area contributed by atoms with Crippen molar-refractivity contribution in [3.63, 3.8) is 0 Å². The lowest BCUT2D eigenvalue weighted by molar-refractivity contribution is 0.660. The van der Waals surface area contributed by atoms with E-state index in [1.54, 1.807) is 0 Å². The van der Waals surface area contributed by atoms with Crippen LogP contribution in [0.25, 0.3) is 89.0 Å². The lowest BCUT2D eigenvalue weighted by Crippen LogP contribution is -2.14. The molecule has 0 nitrogen and oxygen atoms in total. The highest BCUT2D eigenvalue weighted by Crippen LogP contribution is 2.51. The van der Waals surface area contributed by atoms with Gasteiger partial charge in [0.05, 0.1) is 0 Å².